The number of aromatic nitrogens is 5. The van der Waals surface area contributed by atoms with Crippen molar-refractivity contribution in [3.63, 3.8) is 0 Å². The maximum atomic E-state index is 11.8. The van der Waals surface area contributed by atoms with Gasteiger partial charge in [0.15, 0.2) is 11.6 Å². The Morgan fingerprint density at radius 3 is 2.59 bits per heavy atom. The van der Waals surface area contributed by atoms with E-state index >= 15 is 0 Å². The Morgan fingerprint density at radius 2 is 1.91 bits per heavy atom. The van der Waals surface area contributed by atoms with Gasteiger partial charge >= 0.3 is 6.09 Å². The molecule has 5 rings (SSSR count). The average molecular weight is 457 g/mol. The summed E-state index contributed by atoms with van der Waals surface area (Å²) >= 11 is 6.22. The van der Waals surface area contributed by atoms with Crippen LogP contribution < -0.4 is 0 Å². The van der Waals surface area contributed by atoms with E-state index in [2.05, 4.69) is 20.3 Å². The SMILES string of the molecule is CC(C)c1nc(C2CCC(c3nnc4n3-c3ccc(Cl)cc3CN(C(=O)O)C4)CC2)no1. The lowest BCUT2D eigenvalue weighted by atomic mass is 9.81. The van der Waals surface area contributed by atoms with E-state index in [9.17, 15) is 9.90 Å². The molecule has 168 valence electrons. The second kappa shape index (κ2) is 8.20. The van der Waals surface area contributed by atoms with Crippen LogP contribution in [0.4, 0.5) is 4.79 Å². The highest BCUT2D eigenvalue weighted by molar-refractivity contribution is 6.30. The maximum Gasteiger partial charge on any atom is 0.408 e. The fraction of sp³-hybridized carbons (Fsp3) is 0.500. The lowest BCUT2D eigenvalue weighted by Gasteiger charge is -2.26. The summed E-state index contributed by atoms with van der Waals surface area (Å²) in [5, 5.41) is 23.3. The first-order valence-corrected chi connectivity index (χ1v) is 11.3. The third-order valence-corrected chi connectivity index (χ3v) is 6.65. The minimum absolute atomic E-state index is 0.185. The van der Waals surface area contributed by atoms with E-state index in [1.165, 1.54) is 4.90 Å². The number of nitrogens with zero attached hydrogens (tertiary/aromatic N) is 6. The van der Waals surface area contributed by atoms with Gasteiger partial charge in [0.2, 0.25) is 5.89 Å². The summed E-state index contributed by atoms with van der Waals surface area (Å²) in [6, 6.07) is 5.58. The number of hydrogen-bond acceptors (Lipinski definition) is 6. The molecule has 1 aliphatic heterocycles. The van der Waals surface area contributed by atoms with E-state index in [-0.39, 0.29) is 30.8 Å². The fourth-order valence-electron chi connectivity index (χ4n) is 4.68. The largest absolute Gasteiger partial charge is 0.465 e. The van der Waals surface area contributed by atoms with Gasteiger partial charge in [-0.3, -0.25) is 9.47 Å². The molecule has 3 aromatic rings. The minimum Gasteiger partial charge on any atom is -0.465 e. The molecule has 0 atom stereocenters. The van der Waals surface area contributed by atoms with Crippen LogP contribution in [0.3, 0.4) is 0 Å². The minimum atomic E-state index is -0.990. The lowest BCUT2D eigenvalue weighted by Crippen LogP contribution is -2.27. The zero-order chi connectivity index (χ0) is 22.4. The molecule has 1 fully saturated rings. The summed E-state index contributed by atoms with van der Waals surface area (Å²) in [4.78, 5) is 17.7. The van der Waals surface area contributed by atoms with E-state index in [0.29, 0.717) is 16.7 Å². The number of carbonyl (C=O) groups is 1. The first-order chi connectivity index (χ1) is 15.4. The molecule has 0 bridgehead atoms. The van der Waals surface area contributed by atoms with Gasteiger partial charge in [0.25, 0.3) is 0 Å². The van der Waals surface area contributed by atoms with Crippen molar-refractivity contribution in [2.45, 2.75) is 70.4 Å². The zero-order valence-corrected chi connectivity index (χ0v) is 18.8. The highest BCUT2D eigenvalue weighted by atomic mass is 35.5. The second-order valence-electron chi connectivity index (χ2n) is 8.92. The molecule has 1 N–H and O–H groups in total. The molecule has 1 aromatic carbocycles. The molecular formula is C22H25ClN6O3. The number of benzene rings is 1. The summed E-state index contributed by atoms with van der Waals surface area (Å²) in [5.41, 5.74) is 1.75. The summed E-state index contributed by atoms with van der Waals surface area (Å²) in [6.07, 6.45) is 2.76. The maximum absolute atomic E-state index is 11.8. The molecule has 2 aliphatic rings. The van der Waals surface area contributed by atoms with Crippen molar-refractivity contribution in [3.05, 3.63) is 52.1 Å². The molecule has 0 saturated heterocycles. The van der Waals surface area contributed by atoms with Crippen LogP contribution in [0.2, 0.25) is 5.02 Å². The van der Waals surface area contributed by atoms with Gasteiger partial charge in [-0.25, -0.2) is 4.79 Å². The highest BCUT2D eigenvalue weighted by Crippen LogP contribution is 2.41. The van der Waals surface area contributed by atoms with E-state index in [0.717, 1.165) is 48.6 Å². The highest BCUT2D eigenvalue weighted by Gasteiger charge is 2.33. The van der Waals surface area contributed by atoms with Crippen molar-refractivity contribution < 1.29 is 14.4 Å². The summed E-state index contributed by atoms with van der Waals surface area (Å²) < 4.78 is 7.43. The summed E-state index contributed by atoms with van der Waals surface area (Å²) in [7, 11) is 0. The number of halogens is 1. The van der Waals surface area contributed by atoms with Gasteiger partial charge in [-0.2, -0.15) is 4.98 Å². The third-order valence-electron chi connectivity index (χ3n) is 6.41. The van der Waals surface area contributed by atoms with Gasteiger partial charge in [0.05, 0.1) is 18.8 Å². The average Bonchev–Trinajstić information content (AvgIpc) is 3.38. The first-order valence-electron chi connectivity index (χ1n) is 10.9. The van der Waals surface area contributed by atoms with Crippen LogP contribution in [0.15, 0.2) is 22.7 Å². The van der Waals surface area contributed by atoms with Crippen LogP contribution in [0.5, 0.6) is 0 Å². The molecule has 0 radical (unpaired) electrons. The van der Waals surface area contributed by atoms with Crippen molar-refractivity contribution >= 4 is 17.7 Å². The van der Waals surface area contributed by atoms with Crippen molar-refractivity contribution in [2.24, 2.45) is 0 Å². The van der Waals surface area contributed by atoms with Crippen molar-refractivity contribution in [1.82, 2.24) is 29.8 Å². The fourth-order valence-corrected chi connectivity index (χ4v) is 4.88. The Morgan fingerprint density at radius 1 is 1.16 bits per heavy atom. The number of carboxylic acid groups (broad SMARTS) is 1. The number of rotatable bonds is 3. The smallest absolute Gasteiger partial charge is 0.408 e. The van der Waals surface area contributed by atoms with Crippen molar-refractivity contribution in [1.29, 1.82) is 0 Å². The molecule has 0 spiro atoms. The molecular weight excluding hydrogens is 432 g/mol. The van der Waals surface area contributed by atoms with E-state index in [4.69, 9.17) is 16.1 Å². The quantitative estimate of drug-likeness (QED) is 0.598. The van der Waals surface area contributed by atoms with E-state index in [1.54, 1.807) is 0 Å². The van der Waals surface area contributed by atoms with Crippen LogP contribution >= 0.6 is 11.6 Å². The summed E-state index contributed by atoms with van der Waals surface area (Å²) in [5.74, 6) is 3.72. The van der Waals surface area contributed by atoms with Gasteiger partial charge in [0.1, 0.15) is 5.82 Å². The molecule has 1 amide bonds. The first kappa shape index (κ1) is 20.9. The van der Waals surface area contributed by atoms with Crippen molar-refractivity contribution in [3.8, 4) is 5.69 Å². The van der Waals surface area contributed by atoms with Crippen LogP contribution in [0, 0.1) is 0 Å². The van der Waals surface area contributed by atoms with E-state index < -0.39 is 6.09 Å². The molecule has 1 aliphatic carbocycles. The second-order valence-corrected chi connectivity index (χ2v) is 9.35. The molecule has 32 heavy (non-hydrogen) atoms. The molecule has 3 heterocycles. The number of amides is 1. The molecule has 9 nitrogen and oxygen atoms in total. The van der Waals surface area contributed by atoms with Crippen LogP contribution in [-0.4, -0.2) is 41.0 Å². The van der Waals surface area contributed by atoms with Gasteiger partial charge in [-0.05, 0) is 49.4 Å². The third kappa shape index (κ3) is 3.74. The number of hydrogen-bond donors (Lipinski definition) is 1. The Labute approximate surface area is 190 Å². The van der Waals surface area contributed by atoms with Crippen molar-refractivity contribution in [2.75, 3.05) is 0 Å². The predicted molar refractivity (Wildman–Crippen MR) is 116 cm³/mol. The normalized spacial score (nSPS) is 20.7. The topological polar surface area (TPSA) is 110 Å². The lowest BCUT2D eigenvalue weighted by molar-refractivity contribution is 0.139. The molecule has 0 unspecified atom stereocenters. The summed E-state index contributed by atoms with van der Waals surface area (Å²) in [6.45, 7) is 4.53. The van der Waals surface area contributed by atoms with Crippen LogP contribution in [0.1, 0.15) is 86.2 Å². The monoisotopic (exact) mass is 456 g/mol. The van der Waals surface area contributed by atoms with Gasteiger partial charge in [0, 0.05) is 22.8 Å². The standard InChI is InChI=1S/C22H25ClN6O3/c1-12(2)21-24-19(27-32-21)13-3-5-14(6-4-13)20-26-25-18-11-28(22(30)31)10-15-9-16(23)7-8-17(15)29(18)20/h7-9,12-14H,3-6,10-11H2,1-2H3,(H,30,31). The predicted octanol–water partition coefficient (Wildman–Crippen LogP) is 4.86. The Kier molecular flexibility index (Phi) is 5.36. The molecule has 1 saturated carbocycles. The van der Waals surface area contributed by atoms with Crippen LogP contribution in [0.25, 0.3) is 5.69 Å². The Balaban J connectivity index is 1.42. The van der Waals surface area contributed by atoms with Crippen LogP contribution in [-0.2, 0) is 13.1 Å². The van der Waals surface area contributed by atoms with Gasteiger partial charge in [-0.1, -0.05) is 30.6 Å². The number of fused-ring (bicyclic) bond motifs is 3. The molecule has 2 aromatic heterocycles. The Hall–Kier alpha value is -2.94. The van der Waals surface area contributed by atoms with Gasteiger partial charge < -0.3 is 9.63 Å². The van der Waals surface area contributed by atoms with Gasteiger partial charge in [-0.15, -0.1) is 10.2 Å². The zero-order valence-electron chi connectivity index (χ0n) is 18.0. The Bertz CT molecular complexity index is 1150. The molecule has 10 heteroatoms. The van der Waals surface area contributed by atoms with E-state index in [1.807, 2.05) is 36.6 Å².